The monoisotopic (exact) mass is 294 g/mol. The van der Waals surface area contributed by atoms with Gasteiger partial charge in [0.25, 0.3) is 5.91 Å². The second-order valence-electron chi connectivity index (χ2n) is 5.65. The van der Waals surface area contributed by atoms with Gasteiger partial charge in [0.2, 0.25) is 5.91 Å². The van der Waals surface area contributed by atoms with E-state index in [1.54, 1.807) is 13.0 Å². The topological polar surface area (TPSA) is 58.2 Å². The molecule has 0 radical (unpaired) electrons. The lowest BCUT2D eigenvalue weighted by Crippen LogP contribution is -2.48. The summed E-state index contributed by atoms with van der Waals surface area (Å²) in [7, 11) is 0. The number of amides is 2. The summed E-state index contributed by atoms with van der Waals surface area (Å²) in [5, 5.41) is 7.64. The molecule has 2 rings (SSSR count). The van der Waals surface area contributed by atoms with Gasteiger partial charge >= 0.3 is 0 Å². The van der Waals surface area contributed by atoms with Gasteiger partial charge in [-0.2, -0.15) is 0 Å². The highest BCUT2D eigenvalue weighted by Crippen LogP contribution is 2.23. The largest absolute Gasteiger partial charge is 0.352 e. The molecule has 1 aromatic rings. The molecule has 1 aromatic heterocycles. The first-order valence-corrected chi connectivity index (χ1v) is 8.09. The van der Waals surface area contributed by atoms with Crippen molar-refractivity contribution in [2.24, 2.45) is 5.92 Å². The summed E-state index contributed by atoms with van der Waals surface area (Å²) >= 11 is 1.38. The van der Waals surface area contributed by atoms with Crippen molar-refractivity contribution in [3.05, 3.63) is 22.4 Å². The fraction of sp³-hybridized carbons (Fsp3) is 0.600. The molecule has 4 nitrogen and oxygen atoms in total. The summed E-state index contributed by atoms with van der Waals surface area (Å²) in [5.41, 5.74) is 0. The van der Waals surface area contributed by atoms with E-state index >= 15 is 0 Å². The molecule has 1 aliphatic carbocycles. The van der Waals surface area contributed by atoms with E-state index in [1.807, 2.05) is 11.4 Å². The molecule has 3 atom stereocenters. The molecule has 0 aromatic carbocycles. The number of thiophene rings is 1. The van der Waals surface area contributed by atoms with E-state index in [-0.39, 0.29) is 17.9 Å². The van der Waals surface area contributed by atoms with Crippen LogP contribution in [0.2, 0.25) is 0 Å². The van der Waals surface area contributed by atoms with Gasteiger partial charge in [0.15, 0.2) is 0 Å². The van der Waals surface area contributed by atoms with E-state index in [1.165, 1.54) is 24.2 Å². The molecule has 2 N–H and O–H groups in total. The summed E-state index contributed by atoms with van der Waals surface area (Å²) in [6, 6.07) is 3.34. The highest BCUT2D eigenvalue weighted by molar-refractivity contribution is 7.12. The van der Waals surface area contributed by atoms with E-state index < -0.39 is 6.04 Å². The van der Waals surface area contributed by atoms with Gasteiger partial charge in [-0.1, -0.05) is 25.8 Å². The van der Waals surface area contributed by atoms with Crippen molar-refractivity contribution in [1.82, 2.24) is 10.6 Å². The average Bonchev–Trinajstić information content (AvgIpc) is 2.92. The number of hydrogen-bond donors (Lipinski definition) is 2. The Kier molecular flexibility index (Phi) is 5.17. The van der Waals surface area contributed by atoms with Gasteiger partial charge < -0.3 is 10.6 Å². The lowest BCUT2D eigenvalue weighted by molar-refractivity contribution is -0.123. The molecule has 0 aliphatic heterocycles. The second-order valence-corrected chi connectivity index (χ2v) is 6.60. The molecule has 5 heteroatoms. The van der Waals surface area contributed by atoms with Crippen LogP contribution in [0.4, 0.5) is 0 Å². The minimum atomic E-state index is -0.498. The van der Waals surface area contributed by atoms with Crippen molar-refractivity contribution in [2.75, 3.05) is 0 Å². The van der Waals surface area contributed by atoms with Gasteiger partial charge in [0.1, 0.15) is 6.04 Å². The van der Waals surface area contributed by atoms with Crippen LogP contribution in [-0.4, -0.2) is 23.9 Å². The van der Waals surface area contributed by atoms with Crippen LogP contribution in [-0.2, 0) is 4.79 Å². The van der Waals surface area contributed by atoms with Crippen LogP contribution >= 0.6 is 11.3 Å². The Balaban J connectivity index is 1.81. The van der Waals surface area contributed by atoms with E-state index in [4.69, 9.17) is 0 Å². The Morgan fingerprint density at radius 2 is 2.20 bits per heavy atom. The normalized spacial score (nSPS) is 23.9. The van der Waals surface area contributed by atoms with Gasteiger partial charge in [-0.05, 0) is 37.1 Å². The van der Waals surface area contributed by atoms with Gasteiger partial charge in [0.05, 0.1) is 4.88 Å². The molecule has 1 saturated carbocycles. The maximum Gasteiger partial charge on any atom is 0.261 e. The Hall–Kier alpha value is -1.36. The van der Waals surface area contributed by atoms with Crippen LogP contribution in [0.15, 0.2) is 17.5 Å². The molecule has 3 unspecified atom stereocenters. The van der Waals surface area contributed by atoms with Crippen LogP contribution in [0.5, 0.6) is 0 Å². The van der Waals surface area contributed by atoms with Crippen molar-refractivity contribution < 1.29 is 9.59 Å². The highest BCUT2D eigenvalue weighted by Gasteiger charge is 2.23. The zero-order valence-corrected chi connectivity index (χ0v) is 12.8. The fourth-order valence-electron chi connectivity index (χ4n) is 2.63. The number of hydrogen-bond acceptors (Lipinski definition) is 3. The molecular weight excluding hydrogens is 272 g/mol. The zero-order valence-electron chi connectivity index (χ0n) is 12.0. The molecule has 1 heterocycles. The fourth-order valence-corrected chi connectivity index (χ4v) is 3.26. The van der Waals surface area contributed by atoms with Crippen LogP contribution in [0, 0.1) is 5.92 Å². The SMILES string of the molecule is CC1CCCC(NC(=O)C(C)NC(=O)c2cccs2)C1. The molecule has 0 spiro atoms. The summed E-state index contributed by atoms with van der Waals surface area (Å²) in [6.45, 7) is 3.95. The lowest BCUT2D eigenvalue weighted by Gasteiger charge is -2.28. The Morgan fingerprint density at radius 3 is 2.85 bits per heavy atom. The smallest absolute Gasteiger partial charge is 0.261 e. The van der Waals surface area contributed by atoms with E-state index in [0.717, 1.165) is 12.8 Å². The first-order valence-electron chi connectivity index (χ1n) is 7.21. The predicted molar refractivity (Wildman–Crippen MR) is 80.8 cm³/mol. The van der Waals surface area contributed by atoms with Gasteiger partial charge in [-0.3, -0.25) is 9.59 Å². The zero-order chi connectivity index (χ0) is 14.5. The van der Waals surface area contributed by atoms with Crippen LogP contribution in [0.1, 0.15) is 49.2 Å². The molecular formula is C15H22N2O2S. The van der Waals surface area contributed by atoms with Crippen LogP contribution in [0.3, 0.4) is 0 Å². The molecule has 0 bridgehead atoms. The predicted octanol–water partition coefficient (Wildman–Crippen LogP) is 2.56. The summed E-state index contributed by atoms with van der Waals surface area (Å²) in [6.07, 6.45) is 4.50. The Morgan fingerprint density at radius 1 is 1.40 bits per heavy atom. The van der Waals surface area contributed by atoms with Crippen LogP contribution in [0.25, 0.3) is 0 Å². The third-order valence-corrected chi connectivity index (χ3v) is 4.64. The highest BCUT2D eigenvalue weighted by atomic mass is 32.1. The quantitative estimate of drug-likeness (QED) is 0.896. The second kappa shape index (κ2) is 6.88. The molecule has 1 fully saturated rings. The summed E-state index contributed by atoms with van der Waals surface area (Å²) in [5.74, 6) is 0.402. The van der Waals surface area contributed by atoms with Crippen molar-refractivity contribution >= 4 is 23.2 Å². The van der Waals surface area contributed by atoms with Gasteiger partial charge in [0, 0.05) is 6.04 Å². The standard InChI is InChI=1S/C15H22N2O2S/c1-10-5-3-6-12(9-10)17-14(18)11(2)16-15(19)13-7-4-8-20-13/h4,7-8,10-12H,3,5-6,9H2,1-2H3,(H,16,19)(H,17,18). The van der Waals surface area contributed by atoms with E-state index in [0.29, 0.717) is 10.8 Å². The third kappa shape index (κ3) is 4.07. The number of rotatable bonds is 4. The number of nitrogens with one attached hydrogen (secondary N) is 2. The number of carbonyl (C=O) groups is 2. The first kappa shape index (κ1) is 15.0. The molecule has 0 saturated heterocycles. The molecule has 20 heavy (non-hydrogen) atoms. The molecule has 110 valence electrons. The average molecular weight is 294 g/mol. The van der Waals surface area contributed by atoms with Crippen molar-refractivity contribution in [3.63, 3.8) is 0 Å². The van der Waals surface area contributed by atoms with Crippen molar-refractivity contribution in [2.45, 2.75) is 51.6 Å². The van der Waals surface area contributed by atoms with E-state index in [9.17, 15) is 9.59 Å². The van der Waals surface area contributed by atoms with Crippen LogP contribution < -0.4 is 10.6 Å². The Labute approximate surface area is 124 Å². The number of carbonyl (C=O) groups excluding carboxylic acids is 2. The van der Waals surface area contributed by atoms with Gasteiger partial charge in [-0.25, -0.2) is 0 Å². The molecule has 1 aliphatic rings. The van der Waals surface area contributed by atoms with Crippen molar-refractivity contribution in [1.29, 1.82) is 0 Å². The lowest BCUT2D eigenvalue weighted by atomic mass is 9.87. The van der Waals surface area contributed by atoms with Gasteiger partial charge in [-0.15, -0.1) is 11.3 Å². The van der Waals surface area contributed by atoms with Crippen molar-refractivity contribution in [3.8, 4) is 0 Å². The minimum absolute atomic E-state index is 0.0889. The van der Waals surface area contributed by atoms with E-state index in [2.05, 4.69) is 17.6 Å². The molecule has 2 amide bonds. The maximum atomic E-state index is 12.1. The first-order chi connectivity index (χ1) is 9.56. The minimum Gasteiger partial charge on any atom is -0.352 e. The Bertz CT molecular complexity index is 458. The third-order valence-electron chi connectivity index (χ3n) is 3.77. The summed E-state index contributed by atoms with van der Waals surface area (Å²) < 4.78 is 0. The maximum absolute atomic E-state index is 12.1. The summed E-state index contributed by atoms with van der Waals surface area (Å²) in [4.78, 5) is 24.6.